The third-order valence-corrected chi connectivity index (χ3v) is 6.35. The molecular formula is C21H26N4OS. The van der Waals surface area contributed by atoms with Crippen LogP contribution in [0.4, 0.5) is 0 Å². The molecule has 1 aromatic carbocycles. The van der Waals surface area contributed by atoms with Gasteiger partial charge in [0.15, 0.2) is 5.82 Å². The van der Waals surface area contributed by atoms with Crippen LogP contribution >= 0.6 is 11.8 Å². The van der Waals surface area contributed by atoms with Gasteiger partial charge in [-0.05, 0) is 19.1 Å². The molecule has 4 rings (SSSR count). The van der Waals surface area contributed by atoms with Crippen molar-refractivity contribution in [3.05, 3.63) is 54.1 Å². The molecule has 1 atom stereocenters. The van der Waals surface area contributed by atoms with Crippen LogP contribution in [0.3, 0.4) is 0 Å². The van der Waals surface area contributed by atoms with E-state index in [4.69, 9.17) is 9.51 Å². The molecule has 142 valence electrons. The smallest absolute Gasteiger partial charge is 0.229 e. The Morgan fingerprint density at radius 2 is 2.00 bits per heavy atom. The summed E-state index contributed by atoms with van der Waals surface area (Å²) < 4.78 is 7.73. The Morgan fingerprint density at radius 3 is 2.74 bits per heavy atom. The van der Waals surface area contributed by atoms with Gasteiger partial charge in [-0.25, -0.2) is 4.98 Å². The molecule has 0 amide bonds. The van der Waals surface area contributed by atoms with Gasteiger partial charge >= 0.3 is 0 Å². The standard InChI is InChI=1S/C21H26N4OS/c1-15(27-2)12-18-20(16-8-4-3-5-9-16)22-14-25(18)13-19-23-21(26-24-19)17-10-6-7-11-17/h3-5,8-9,14-15,17H,6-7,10-13H2,1-2H3/t15-/m1/s1. The van der Waals surface area contributed by atoms with E-state index in [0.717, 1.165) is 29.4 Å². The van der Waals surface area contributed by atoms with Gasteiger partial charge in [0.05, 0.1) is 18.6 Å². The van der Waals surface area contributed by atoms with Crippen LogP contribution in [-0.2, 0) is 13.0 Å². The van der Waals surface area contributed by atoms with Crippen molar-refractivity contribution in [2.75, 3.05) is 6.26 Å². The predicted octanol–water partition coefficient (Wildman–Crippen LogP) is 4.93. The highest BCUT2D eigenvalue weighted by molar-refractivity contribution is 7.99. The zero-order valence-electron chi connectivity index (χ0n) is 16.0. The van der Waals surface area contributed by atoms with Gasteiger partial charge in [-0.1, -0.05) is 55.3 Å². The molecule has 3 aromatic rings. The molecule has 0 bridgehead atoms. The lowest BCUT2D eigenvalue weighted by atomic mass is 10.1. The summed E-state index contributed by atoms with van der Waals surface area (Å²) in [7, 11) is 0. The number of hydrogen-bond donors (Lipinski definition) is 0. The molecule has 27 heavy (non-hydrogen) atoms. The zero-order chi connectivity index (χ0) is 18.6. The Kier molecular flexibility index (Phi) is 5.62. The van der Waals surface area contributed by atoms with Crippen LogP contribution in [0.1, 0.15) is 55.9 Å². The molecule has 0 radical (unpaired) electrons. The molecule has 6 heteroatoms. The quantitative estimate of drug-likeness (QED) is 0.580. The summed E-state index contributed by atoms with van der Waals surface area (Å²) in [6.07, 6.45) is 9.89. The molecule has 5 nitrogen and oxygen atoms in total. The maximum atomic E-state index is 5.56. The van der Waals surface area contributed by atoms with E-state index in [1.807, 2.05) is 24.2 Å². The molecule has 1 aliphatic carbocycles. The van der Waals surface area contributed by atoms with E-state index in [0.29, 0.717) is 17.7 Å². The minimum atomic E-state index is 0.449. The van der Waals surface area contributed by atoms with Crippen LogP contribution in [-0.4, -0.2) is 31.2 Å². The number of benzene rings is 1. The monoisotopic (exact) mass is 382 g/mol. The molecule has 0 saturated heterocycles. The van der Waals surface area contributed by atoms with E-state index in [-0.39, 0.29) is 0 Å². The molecule has 2 heterocycles. The molecule has 1 aliphatic rings. The number of nitrogens with zero attached hydrogens (tertiary/aromatic N) is 4. The van der Waals surface area contributed by atoms with E-state index in [1.165, 1.54) is 31.4 Å². The van der Waals surface area contributed by atoms with Crippen molar-refractivity contribution in [1.82, 2.24) is 19.7 Å². The second kappa shape index (κ2) is 8.30. The normalized spacial score (nSPS) is 16.1. The van der Waals surface area contributed by atoms with E-state index in [2.05, 4.69) is 52.2 Å². The lowest BCUT2D eigenvalue weighted by Crippen LogP contribution is -2.10. The Labute approximate surface area is 164 Å². The topological polar surface area (TPSA) is 56.7 Å². The highest BCUT2D eigenvalue weighted by Gasteiger charge is 2.23. The van der Waals surface area contributed by atoms with Gasteiger partial charge in [0.1, 0.15) is 0 Å². The SMILES string of the molecule is CS[C@H](C)Cc1c(-c2ccccc2)ncn1Cc1noc(C2CCCC2)n1. The van der Waals surface area contributed by atoms with E-state index < -0.39 is 0 Å². The first-order valence-corrected chi connectivity index (χ1v) is 11.0. The molecule has 1 saturated carbocycles. The van der Waals surface area contributed by atoms with Crippen molar-refractivity contribution in [3.8, 4) is 11.3 Å². The summed E-state index contributed by atoms with van der Waals surface area (Å²) in [5.74, 6) is 2.00. The summed E-state index contributed by atoms with van der Waals surface area (Å²) in [6.45, 7) is 2.86. The summed E-state index contributed by atoms with van der Waals surface area (Å²) in [5, 5.41) is 4.75. The van der Waals surface area contributed by atoms with Crippen LogP contribution < -0.4 is 0 Å². The lowest BCUT2D eigenvalue weighted by molar-refractivity contribution is 0.349. The van der Waals surface area contributed by atoms with Crippen molar-refractivity contribution >= 4 is 11.8 Å². The fourth-order valence-corrected chi connectivity index (χ4v) is 4.10. The molecule has 2 aromatic heterocycles. The highest BCUT2D eigenvalue weighted by Crippen LogP contribution is 2.33. The molecule has 0 unspecified atom stereocenters. The fraction of sp³-hybridized carbons (Fsp3) is 0.476. The lowest BCUT2D eigenvalue weighted by Gasteiger charge is -2.12. The van der Waals surface area contributed by atoms with Crippen molar-refractivity contribution < 1.29 is 4.52 Å². The average Bonchev–Trinajstić information content (AvgIpc) is 3.44. The summed E-state index contributed by atoms with van der Waals surface area (Å²) in [4.78, 5) is 9.40. The van der Waals surface area contributed by atoms with Crippen molar-refractivity contribution in [1.29, 1.82) is 0 Å². The number of imidazole rings is 1. The maximum Gasteiger partial charge on any atom is 0.229 e. The van der Waals surface area contributed by atoms with E-state index in [9.17, 15) is 0 Å². The largest absolute Gasteiger partial charge is 0.339 e. The maximum absolute atomic E-state index is 5.56. The Hall–Kier alpha value is -2.08. The first kappa shape index (κ1) is 18.3. The fourth-order valence-electron chi connectivity index (χ4n) is 3.77. The van der Waals surface area contributed by atoms with E-state index >= 15 is 0 Å². The van der Waals surface area contributed by atoms with Gasteiger partial charge in [0, 0.05) is 28.8 Å². The van der Waals surface area contributed by atoms with Gasteiger partial charge in [0.25, 0.3) is 0 Å². The third kappa shape index (κ3) is 4.10. The van der Waals surface area contributed by atoms with Crippen LogP contribution in [0.15, 0.2) is 41.2 Å². The molecule has 0 spiro atoms. The molecular weight excluding hydrogens is 356 g/mol. The van der Waals surface area contributed by atoms with Gasteiger partial charge < -0.3 is 9.09 Å². The molecule has 0 N–H and O–H groups in total. The first-order chi connectivity index (χ1) is 13.2. The highest BCUT2D eigenvalue weighted by atomic mass is 32.2. The van der Waals surface area contributed by atoms with Crippen molar-refractivity contribution in [2.24, 2.45) is 0 Å². The Balaban J connectivity index is 1.61. The molecule has 0 aliphatic heterocycles. The van der Waals surface area contributed by atoms with Crippen molar-refractivity contribution in [2.45, 2.75) is 56.7 Å². The van der Waals surface area contributed by atoms with Gasteiger partial charge in [-0.3, -0.25) is 0 Å². The number of hydrogen-bond acceptors (Lipinski definition) is 5. The zero-order valence-corrected chi connectivity index (χ0v) is 16.8. The minimum Gasteiger partial charge on any atom is -0.339 e. The average molecular weight is 383 g/mol. The second-order valence-electron chi connectivity index (χ2n) is 7.31. The number of rotatable bonds is 7. The van der Waals surface area contributed by atoms with Crippen LogP contribution in [0, 0.1) is 0 Å². The summed E-state index contributed by atoms with van der Waals surface area (Å²) >= 11 is 1.87. The third-order valence-electron chi connectivity index (χ3n) is 5.38. The first-order valence-electron chi connectivity index (χ1n) is 9.69. The second-order valence-corrected chi connectivity index (χ2v) is 8.59. The number of aromatic nitrogens is 4. The van der Waals surface area contributed by atoms with Gasteiger partial charge in [-0.2, -0.15) is 16.7 Å². The summed E-state index contributed by atoms with van der Waals surface area (Å²) in [5.41, 5.74) is 3.44. The predicted molar refractivity (Wildman–Crippen MR) is 109 cm³/mol. The Bertz CT molecular complexity index is 867. The van der Waals surface area contributed by atoms with Crippen molar-refractivity contribution in [3.63, 3.8) is 0 Å². The van der Waals surface area contributed by atoms with E-state index in [1.54, 1.807) is 0 Å². The minimum absolute atomic E-state index is 0.449. The van der Waals surface area contributed by atoms with Crippen LogP contribution in [0.25, 0.3) is 11.3 Å². The van der Waals surface area contributed by atoms with Crippen LogP contribution in [0.2, 0.25) is 0 Å². The number of thioether (sulfide) groups is 1. The van der Waals surface area contributed by atoms with Gasteiger partial charge in [-0.15, -0.1) is 0 Å². The summed E-state index contributed by atoms with van der Waals surface area (Å²) in [6, 6.07) is 10.4. The Morgan fingerprint density at radius 1 is 1.22 bits per heavy atom. The van der Waals surface area contributed by atoms with Crippen LogP contribution in [0.5, 0.6) is 0 Å². The van der Waals surface area contributed by atoms with Gasteiger partial charge in [0.2, 0.25) is 5.89 Å². The molecule has 1 fully saturated rings.